The van der Waals surface area contributed by atoms with Gasteiger partial charge in [0, 0.05) is 24.7 Å². The Bertz CT molecular complexity index is 401. The van der Waals surface area contributed by atoms with E-state index in [0.717, 1.165) is 17.1 Å². The van der Waals surface area contributed by atoms with Crippen molar-refractivity contribution in [2.24, 2.45) is 5.92 Å². The van der Waals surface area contributed by atoms with E-state index in [9.17, 15) is 0 Å². The predicted octanol–water partition coefficient (Wildman–Crippen LogP) is 3.53. The third kappa shape index (κ3) is 1.86. The summed E-state index contributed by atoms with van der Waals surface area (Å²) >= 11 is 6.16. The molecule has 0 saturated carbocycles. The fraction of sp³-hybridized carbons (Fsp3) is 0.538. The Morgan fingerprint density at radius 1 is 1.44 bits per heavy atom. The minimum Gasteiger partial charge on any atom is -0.378 e. The maximum atomic E-state index is 6.16. The number of hydrogen-bond acceptors (Lipinski definition) is 2. The van der Waals surface area contributed by atoms with E-state index in [1.54, 1.807) is 0 Å². The molecular formula is C13H19ClN2. The molecule has 1 atom stereocenters. The van der Waals surface area contributed by atoms with E-state index >= 15 is 0 Å². The summed E-state index contributed by atoms with van der Waals surface area (Å²) in [5, 5.41) is 4.45. The molecule has 16 heavy (non-hydrogen) atoms. The van der Waals surface area contributed by atoms with Gasteiger partial charge in [0.1, 0.15) is 0 Å². The number of rotatable bonds is 1. The number of nitrogens with zero attached hydrogens (tertiary/aromatic N) is 1. The quantitative estimate of drug-likeness (QED) is 0.805. The van der Waals surface area contributed by atoms with Crippen LogP contribution >= 0.6 is 11.6 Å². The molecule has 2 nitrogen and oxygen atoms in total. The van der Waals surface area contributed by atoms with Gasteiger partial charge in [0.05, 0.1) is 11.4 Å². The Kier molecular flexibility index (Phi) is 3.02. The third-order valence-electron chi connectivity index (χ3n) is 3.39. The third-order valence-corrected chi connectivity index (χ3v) is 3.80. The summed E-state index contributed by atoms with van der Waals surface area (Å²) in [6.07, 6.45) is 0. The summed E-state index contributed by atoms with van der Waals surface area (Å²) < 4.78 is 0. The van der Waals surface area contributed by atoms with Gasteiger partial charge >= 0.3 is 0 Å². The van der Waals surface area contributed by atoms with Crippen LogP contribution in [0.15, 0.2) is 12.1 Å². The van der Waals surface area contributed by atoms with Gasteiger partial charge in [-0.05, 0) is 30.5 Å². The molecule has 0 amide bonds. The first-order valence-corrected chi connectivity index (χ1v) is 6.15. The first kappa shape index (κ1) is 11.6. The van der Waals surface area contributed by atoms with Crippen LogP contribution < -0.4 is 10.2 Å². The molecule has 1 aromatic rings. The second-order valence-electron chi connectivity index (χ2n) is 4.94. The molecule has 0 bridgehead atoms. The van der Waals surface area contributed by atoms with Gasteiger partial charge in [-0.15, -0.1) is 0 Å². The zero-order valence-electron chi connectivity index (χ0n) is 10.3. The van der Waals surface area contributed by atoms with Gasteiger partial charge in [0.25, 0.3) is 0 Å². The Hall–Kier alpha value is -0.890. The smallest absolute Gasteiger partial charge is 0.0625 e. The van der Waals surface area contributed by atoms with Crippen LogP contribution in [0.3, 0.4) is 0 Å². The SMILES string of the molecule is Cc1c(Cl)ccc2c1NC(C(C)C)CN2C. The molecule has 88 valence electrons. The monoisotopic (exact) mass is 238 g/mol. The average molecular weight is 239 g/mol. The molecule has 0 aliphatic carbocycles. The molecule has 1 N–H and O–H groups in total. The minimum atomic E-state index is 0.495. The number of benzene rings is 1. The molecule has 1 unspecified atom stereocenters. The van der Waals surface area contributed by atoms with Crippen molar-refractivity contribution in [1.82, 2.24) is 0 Å². The molecule has 0 fully saturated rings. The zero-order chi connectivity index (χ0) is 11.9. The molecule has 1 aliphatic rings. The summed E-state index contributed by atoms with van der Waals surface area (Å²) in [4.78, 5) is 2.31. The zero-order valence-corrected chi connectivity index (χ0v) is 11.1. The van der Waals surface area contributed by atoms with E-state index in [4.69, 9.17) is 11.6 Å². The van der Waals surface area contributed by atoms with Gasteiger partial charge in [-0.2, -0.15) is 0 Å². The topological polar surface area (TPSA) is 15.3 Å². The highest BCUT2D eigenvalue weighted by molar-refractivity contribution is 6.32. The van der Waals surface area contributed by atoms with Crippen molar-refractivity contribution in [3.63, 3.8) is 0 Å². The van der Waals surface area contributed by atoms with Crippen LogP contribution in [0.2, 0.25) is 5.02 Å². The molecular weight excluding hydrogens is 220 g/mol. The molecule has 1 aliphatic heterocycles. The number of halogens is 1. The maximum absolute atomic E-state index is 6.16. The van der Waals surface area contributed by atoms with Gasteiger partial charge in [-0.25, -0.2) is 0 Å². The standard InChI is InChI=1S/C13H19ClN2/c1-8(2)11-7-16(4)12-6-5-10(14)9(3)13(12)15-11/h5-6,8,11,15H,7H2,1-4H3. The van der Waals surface area contributed by atoms with Crippen molar-refractivity contribution in [1.29, 1.82) is 0 Å². The lowest BCUT2D eigenvalue weighted by molar-refractivity contribution is 0.514. The Morgan fingerprint density at radius 2 is 2.12 bits per heavy atom. The van der Waals surface area contributed by atoms with Crippen molar-refractivity contribution in [2.45, 2.75) is 26.8 Å². The molecule has 0 spiro atoms. The summed E-state index contributed by atoms with van der Waals surface area (Å²) in [5.41, 5.74) is 3.59. The second-order valence-corrected chi connectivity index (χ2v) is 5.35. The van der Waals surface area contributed by atoms with Crippen molar-refractivity contribution in [3.8, 4) is 0 Å². The van der Waals surface area contributed by atoms with Gasteiger partial charge in [0.2, 0.25) is 0 Å². The molecule has 2 rings (SSSR count). The van der Waals surface area contributed by atoms with E-state index in [2.05, 4.69) is 44.1 Å². The van der Waals surface area contributed by atoms with E-state index in [-0.39, 0.29) is 0 Å². The average Bonchev–Trinajstić information content (AvgIpc) is 2.23. The number of hydrogen-bond donors (Lipinski definition) is 1. The van der Waals surface area contributed by atoms with Crippen LogP contribution in [0.5, 0.6) is 0 Å². The Balaban J connectivity index is 2.43. The summed E-state index contributed by atoms with van der Waals surface area (Å²) in [7, 11) is 2.14. The van der Waals surface area contributed by atoms with Crippen LogP contribution in [0.25, 0.3) is 0 Å². The number of fused-ring (bicyclic) bond motifs is 1. The molecule has 0 aromatic heterocycles. The van der Waals surface area contributed by atoms with Crippen molar-refractivity contribution < 1.29 is 0 Å². The van der Waals surface area contributed by atoms with E-state index < -0.39 is 0 Å². The number of anilines is 2. The molecule has 1 heterocycles. The first-order valence-electron chi connectivity index (χ1n) is 5.77. The highest BCUT2D eigenvalue weighted by Crippen LogP contribution is 2.37. The fourth-order valence-corrected chi connectivity index (χ4v) is 2.33. The van der Waals surface area contributed by atoms with Crippen LogP contribution in [-0.2, 0) is 0 Å². The van der Waals surface area contributed by atoms with Crippen LogP contribution in [-0.4, -0.2) is 19.6 Å². The normalized spacial score (nSPS) is 19.6. The van der Waals surface area contributed by atoms with E-state index in [0.29, 0.717) is 12.0 Å². The maximum Gasteiger partial charge on any atom is 0.0625 e. The van der Waals surface area contributed by atoms with Crippen molar-refractivity contribution in [2.75, 3.05) is 23.8 Å². The van der Waals surface area contributed by atoms with Crippen LogP contribution in [0.1, 0.15) is 19.4 Å². The van der Waals surface area contributed by atoms with Crippen LogP contribution in [0, 0.1) is 12.8 Å². The Morgan fingerprint density at radius 3 is 2.75 bits per heavy atom. The number of nitrogens with one attached hydrogen (secondary N) is 1. The van der Waals surface area contributed by atoms with E-state index in [1.807, 2.05) is 6.07 Å². The molecule has 3 heteroatoms. The fourth-order valence-electron chi connectivity index (χ4n) is 2.17. The largest absolute Gasteiger partial charge is 0.378 e. The van der Waals surface area contributed by atoms with Gasteiger partial charge < -0.3 is 10.2 Å². The lowest BCUT2D eigenvalue weighted by Gasteiger charge is -2.37. The summed E-state index contributed by atoms with van der Waals surface area (Å²) in [6.45, 7) is 7.61. The minimum absolute atomic E-state index is 0.495. The first-order chi connectivity index (χ1) is 7.50. The molecule has 0 radical (unpaired) electrons. The van der Waals surface area contributed by atoms with Crippen LogP contribution in [0.4, 0.5) is 11.4 Å². The lowest BCUT2D eigenvalue weighted by Crippen LogP contribution is -2.42. The van der Waals surface area contributed by atoms with E-state index in [1.165, 1.54) is 11.4 Å². The Labute approximate surface area is 103 Å². The molecule has 1 aromatic carbocycles. The van der Waals surface area contributed by atoms with Crippen molar-refractivity contribution >= 4 is 23.0 Å². The molecule has 0 saturated heterocycles. The van der Waals surface area contributed by atoms with Gasteiger partial charge in [-0.3, -0.25) is 0 Å². The summed E-state index contributed by atoms with van der Waals surface area (Å²) in [5.74, 6) is 0.619. The predicted molar refractivity (Wildman–Crippen MR) is 71.7 cm³/mol. The summed E-state index contributed by atoms with van der Waals surface area (Å²) in [6, 6.07) is 4.56. The lowest BCUT2D eigenvalue weighted by atomic mass is 9.99. The van der Waals surface area contributed by atoms with Crippen molar-refractivity contribution in [3.05, 3.63) is 22.7 Å². The highest BCUT2D eigenvalue weighted by atomic mass is 35.5. The highest BCUT2D eigenvalue weighted by Gasteiger charge is 2.25. The second kappa shape index (κ2) is 4.17. The number of likely N-dealkylation sites (N-methyl/N-ethyl adjacent to an activating group) is 1. The van der Waals surface area contributed by atoms with Gasteiger partial charge in [0.15, 0.2) is 0 Å². The van der Waals surface area contributed by atoms with Gasteiger partial charge in [-0.1, -0.05) is 25.4 Å².